The summed E-state index contributed by atoms with van der Waals surface area (Å²) < 4.78 is 0. The fourth-order valence-corrected chi connectivity index (χ4v) is 4.53. The van der Waals surface area contributed by atoms with Gasteiger partial charge in [-0.2, -0.15) is 0 Å². The van der Waals surface area contributed by atoms with Crippen LogP contribution in [0.4, 0.5) is 10.5 Å². The fourth-order valence-electron chi connectivity index (χ4n) is 4.53. The zero-order chi connectivity index (χ0) is 14.6. The molecule has 2 amide bonds. The fraction of sp³-hybridized carbons (Fsp3) is 0.500. The van der Waals surface area contributed by atoms with E-state index in [1.165, 1.54) is 31.4 Å². The van der Waals surface area contributed by atoms with Crippen molar-refractivity contribution in [2.24, 2.45) is 23.7 Å². The molecule has 4 rings (SSSR count). The molecule has 2 bridgehead atoms. The predicted octanol–water partition coefficient (Wildman–Crippen LogP) is 2.55. The van der Waals surface area contributed by atoms with Gasteiger partial charge in [0.1, 0.15) is 0 Å². The van der Waals surface area contributed by atoms with Crippen molar-refractivity contribution in [3.63, 3.8) is 0 Å². The molecule has 5 heteroatoms. The Hall–Kier alpha value is -2.04. The Morgan fingerprint density at radius 2 is 1.67 bits per heavy atom. The lowest BCUT2D eigenvalue weighted by atomic mass is 10.0. The maximum Gasteiger partial charge on any atom is 0.335 e. The Labute approximate surface area is 122 Å². The van der Waals surface area contributed by atoms with Gasteiger partial charge in [0, 0.05) is 11.7 Å². The first-order valence-electron chi connectivity index (χ1n) is 7.54. The lowest BCUT2D eigenvalue weighted by Crippen LogP contribution is -2.33. The van der Waals surface area contributed by atoms with Crippen molar-refractivity contribution in [2.75, 3.05) is 5.32 Å². The molecule has 0 heterocycles. The summed E-state index contributed by atoms with van der Waals surface area (Å²) in [4.78, 5) is 22.8. The summed E-state index contributed by atoms with van der Waals surface area (Å²) in [7, 11) is 0. The van der Waals surface area contributed by atoms with Crippen LogP contribution in [-0.4, -0.2) is 23.1 Å². The Morgan fingerprint density at radius 3 is 2.24 bits per heavy atom. The number of nitrogens with one attached hydrogen (secondary N) is 2. The maximum absolute atomic E-state index is 12.0. The predicted molar refractivity (Wildman–Crippen MR) is 77.2 cm³/mol. The number of carbonyl (C=O) groups excluding carboxylic acids is 1. The average Bonchev–Trinajstić information content (AvgIpc) is 2.84. The first-order chi connectivity index (χ1) is 10.1. The molecular weight excluding hydrogens is 268 g/mol. The molecule has 0 aromatic heterocycles. The van der Waals surface area contributed by atoms with Crippen LogP contribution in [0.15, 0.2) is 24.3 Å². The number of benzene rings is 1. The highest BCUT2D eigenvalue weighted by Crippen LogP contribution is 2.65. The number of rotatable bonds is 3. The topological polar surface area (TPSA) is 78.4 Å². The van der Waals surface area contributed by atoms with E-state index in [1.807, 2.05) is 0 Å². The van der Waals surface area contributed by atoms with E-state index in [1.54, 1.807) is 12.1 Å². The largest absolute Gasteiger partial charge is 0.478 e. The van der Waals surface area contributed by atoms with Crippen molar-refractivity contribution in [3.8, 4) is 0 Å². The smallest absolute Gasteiger partial charge is 0.335 e. The van der Waals surface area contributed by atoms with Gasteiger partial charge >= 0.3 is 12.0 Å². The van der Waals surface area contributed by atoms with Gasteiger partial charge in [-0.3, -0.25) is 0 Å². The van der Waals surface area contributed by atoms with Gasteiger partial charge in [0.15, 0.2) is 0 Å². The van der Waals surface area contributed by atoms with Gasteiger partial charge in [0.2, 0.25) is 0 Å². The number of urea groups is 1. The van der Waals surface area contributed by atoms with E-state index < -0.39 is 5.97 Å². The molecule has 0 radical (unpaired) electrons. The van der Waals surface area contributed by atoms with Gasteiger partial charge in [0.25, 0.3) is 0 Å². The molecule has 1 aromatic carbocycles. The van der Waals surface area contributed by atoms with E-state index >= 15 is 0 Å². The minimum atomic E-state index is -0.965. The van der Waals surface area contributed by atoms with E-state index in [0.717, 1.165) is 11.8 Å². The molecule has 3 saturated carbocycles. The Kier molecular flexibility index (Phi) is 2.71. The first-order valence-corrected chi connectivity index (χ1v) is 7.54. The molecule has 3 aliphatic rings. The first kappa shape index (κ1) is 12.7. The Morgan fingerprint density at radius 1 is 1.05 bits per heavy atom. The summed E-state index contributed by atoms with van der Waals surface area (Å²) in [5, 5.41) is 14.7. The highest BCUT2D eigenvalue weighted by molar-refractivity contribution is 5.91. The summed E-state index contributed by atoms with van der Waals surface area (Å²) >= 11 is 0. The number of amides is 2. The number of carbonyl (C=O) groups is 2. The molecule has 0 spiro atoms. The molecule has 0 saturated heterocycles. The highest BCUT2D eigenvalue weighted by atomic mass is 16.4. The highest BCUT2D eigenvalue weighted by Gasteiger charge is 2.65. The summed E-state index contributed by atoms with van der Waals surface area (Å²) in [6.45, 7) is 0. The molecule has 3 aliphatic carbocycles. The third kappa shape index (κ3) is 2.07. The van der Waals surface area contributed by atoms with E-state index in [9.17, 15) is 9.59 Å². The van der Waals surface area contributed by atoms with Crippen molar-refractivity contribution >= 4 is 17.7 Å². The second-order valence-corrected chi connectivity index (χ2v) is 6.49. The van der Waals surface area contributed by atoms with Crippen LogP contribution in [0.3, 0.4) is 0 Å². The molecule has 5 nitrogen and oxygen atoms in total. The summed E-state index contributed by atoms with van der Waals surface area (Å²) in [5.74, 6) is 2.13. The maximum atomic E-state index is 12.0. The van der Waals surface area contributed by atoms with Crippen molar-refractivity contribution in [3.05, 3.63) is 29.8 Å². The molecule has 4 atom stereocenters. The minimum Gasteiger partial charge on any atom is -0.478 e. The summed E-state index contributed by atoms with van der Waals surface area (Å²) in [6, 6.07) is 6.38. The number of anilines is 1. The van der Waals surface area contributed by atoms with E-state index in [0.29, 0.717) is 23.6 Å². The third-order valence-electron chi connectivity index (χ3n) is 5.42. The van der Waals surface area contributed by atoms with Crippen molar-refractivity contribution in [2.45, 2.75) is 25.3 Å². The van der Waals surface area contributed by atoms with Gasteiger partial charge in [-0.1, -0.05) is 0 Å². The van der Waals surface area contributed by atoms with Gasteiger partial charge in [0.05, 0.1) is 5.56 Å². The van der Waals surface area contributed by atoms with E-state index in [4.69, 9.17) is 5.11 Å². The quantitative estimate of drug-likeness (QED) is 0.799. The normalized spacial score (nSPS) is 35.1. The monoisotopic (exact) mass is 286 g/mol. The number of aromatic carboxylic acids is 1. The minimum absolute atomic E-state index is 0.183. The van der Waals surface area contributed by atoms with Crippen LogP contribution in [0, 0.1) is 23.7 Å². The van der Waals surface area contributed by atoms with Gasteiger partial charge in [-0.15, -0.1) is 0 Å². The average molecular weight is 286 g/mol. The molecule has 3 fully saturated rings. The number of fused-ring (bicyclic) bond motifs is 5. The second-order valence-electron chi connectivity index (χ2n) is 6.49. The summed E-state index contributed by atoms with van der Waals surface area (Å²) in [6.07, 6.45) is 4.04. The molecule has 1 aromatic rings. The third-order valence-corrected chi connectivity index (χ3v) is 5.42. The molecular formula is C16H18N2O3. The van der Waals surface area contributed by atoms with Gasteiger partial charge in [-0.25, -0.2) is 9.59 Å². The van der Waals surface area contributed by atoms with Crippen LogP contribution in [0.5, 0.6) is 0 Å². The van der Waals surface area contributed by atoms with Crippen LogP contribution in [0.1, 0.15) is 29.6 Å². The number of carboxylic acid groups (broad SMARTS) is 1. The van der Waals surface area contributed by atoms with Crippen molar-refractivity contribution in [1.82, 2.24) is 5.32 Å². The molecule has 0 aliphatic heterocycles. The summed E-state index contributed by atoms with van der Waals surface area (Å²) in [5.41, 5.74) is 0.834. The standard InChI is InChI=1S/C16H18N2O3/c19-15(20)8-3-5-11(6-4-8)17-16(21)18-14-12-9-1-2-10(7-9)13(12)14/h3-6,9-10,12-14H,1-2,7H2,(H,19,20)(H2,17,18,21). The lowest BCUT2D eigenvalue weighted by Gasteiger charge is -2.11. The van der Waals surface area contributed by atoms with Gasteiger partial charge < -0.3 is 15.7 Å². The number of hydrogen-bond acceptors (Lipinski definition) is 2. The lowest BCUT2D eigenvalue weighted by molar-refractivity contribution is 0.0697. The SMILES string of the molecule is O=C(Nc1ccc(C(=O)O)cc1)NC1C2C3CCC(C3)C12. The Bertz CT molecular complexity index is 582. The van der Waals surface area contributed by atoms with E-state index in [2.05, 4.69) is 10.6 Å². The van der Waals surface area contributed by atoms with Gasteiger partial charge in [-0.05, 0) is 67.2 Å². The molecule has 3 N–H and O–H groups in total. The second kappa shape index (κ2) is 4.48. The van der Waals surface area contributed by atoms with Crippen LogP contribution in [0.25, 0.3) is 0 Å². The van der Waals surface area contributed by atoms with Crippen LogP contribution >= 0.6 is 0 Å². The number of carboxylic acids is 1. The van der Waals surface area contributed by atoms with Crippen LogP contribution < -0.4 is 10.6 Å². The van der Waals surface area contributed by atoms with Crippen LogP contribution in [0.2, 0.25) is 0 Å². The molecule has 21 heavy (non-hydrogen) atoms. The van der Waals surface area contributed by atoms with Crippen molar-refractivity contribution < 1.29 is 14.7 Å². The van der Waals surface area contributed by atoms with Crippen LogP contribution in [-0.2, 0) is 0 Å². The molecule has 110 valence electrons. The zero-order valence-corrected chi connectivity index (χ0v) is 11.6. The molecule has 4 unspecified atom stereocenters. The number of hydrogen-bond donors (Lipinski definition) is 3. The zero-order valence-electron chi connectivity index (χ0n) is 11.6. The van der Waals surface area contributed by atoms with Crippen molar-refractivity contribution in [1.29, 1.82) is 0 Å². The van der Waals surface area contributed by atoms with E-state index in [-0.39, 0.29) is 11.6 Å². The Balaban J connectivity index is 1.33.